The van der Waals surface area contributed by atoms with Gasteiger partial charge in [0.15, 0.2) is 5.82 Å². The number of rotatable bonds is 3. The molecule has 0 amide bonds. The number of imidazole rings is 1. The van der Waals surface area contributed by atoms with Gasteiger partial charge in [-0.3, -0.25) is 0 Å². The van der Waals surface area contributed by atoms with Crippen molar-refractivity contribution in [3.8, 4) is 0 Å². The fourth-order valence-corrected chi connectivity index (χ4v) is 1.74. The van der Waals surface area contributed by atoms with Crippen LogP contribution in [-0.4, -0.2) is 22.1 Å². The quantitative estimate of drug-likeness (QED) is 0.789. The third kappa shape index (κ3) is 1.83. The van der Waals surface area contributed by atoms with E-state index in [9.17, 15) is 13.6 Å². The average Bonchev–Trinajstić information content (AvgIpc) is 2.68. The van der Waals surface area contributed by atoms with Crippen molar-refractivity contribution in [3.63, 3.8) is 0 Å². The van der Waals surface area contributed by atoms with E-state index in [1.807, 2.05) is 0 Å². The van der Waals surface area contributed by atoms with Crippen LogP contribution in [0, 0.1) is 0 Å². The zero-order chi connectivity index (χ0) is 13.3. The summed E-state index contributed by atoms with van der Waals surface area (Å²) in [6, 6.07) is 6.69. The van der Waals surface area contributed by atoms with Crippen molar-refractivity contribution in [1.29, 1.82) is 0 Å². The van der Waals surface area contributed by atoms with Gasteiger partial charge in [-0.05, 0) is 19.1 Å². The second-order valence-electron chi connectivity index (χ2n) is 3.78. The second kappa shape index (κ2) is 4.36. The van der Waals surface area contributed by atoms with Crippen LogP contribution >= 0.6 is 0 Å². The first-order valence-electron chi connectivity index (χ1n) is 5.45. The van der Waals surface area contributed by atoms with Crippen LogP contribution < -0.4 is 0 Å². The van der Waals surface area contributed by atoms with E-state index < -0.39 is 17.7 Å². The molecule has 0 aliphatic heterocycles. The molecule has 18 heavy (non-hydrogen) atoms. The molecule has 4 nitrogen and oxygen atoms in total. The highest BCUT2D eigenvalue weighted by molar-refractivity contribution is 5.82. The van der Waals surface area contributed by atoms with Crippen LogP contribution in [0.5, 0.6) is 0 Å². The maximum atomic E-state index is 13.9. The molecule has 1 aromatic carbocycles. The molecule has 0 bridgehead atoms. The summed E-state index contributed by atoms with van der Waals surface area (Å²) in [5.41, 5.74) is 0.954. The summed E-state index contributed by atoms with van der Waals surface area (Å²) < 4.78 is 33.3. The molecular formula is C12H12F2N2O2. The highest BCUT2D eigenvalue weighted by Crippen LogP contribution is 2.30. The summed E-state index contributed by atoms with van der Waals surface area (Å²) in [6.07, 6.45) is 0. The average molecular weight is 254 g/mol. The topological polar surface area (TPSA) is 44.1 Å². The summed E-state index contributed by atoms with van der Waals surface area (Å²) in [5, 5.41) is 0. The number of aromatic nitrogens is 2. The van der Waals surface area contributed by atoms with Crippen molar-refractivity contribution in [1.82, 2.24) is 9.55 Å². The van der Waals surface area contributed by atoms with Gasteiger partial charge in [0.2, 0.25) is 0 Å². The molecule has 1 aromatic heterocycles. The SMILES string of the molecule is CCOC(=O)C(F)(F)c1nc2ccccc2n1C. The van der Waals surface area contributed by atoms with Gasteiger partial charge >= 0.3 is 11.9 Å². The summed E-state index contributed by atoms with van der Waals surface area (Å²) in [4.78, 5) is 15.1. The van der Waals surface area contributed by atoms with Crippen LogP contribution in [0.2, 0.25) is 0 Å². The molecule has 0 saturated heterocycles. The molecule has 6 heteroatoms. The Hall–Kier alpha value is -1.98. The number of fused-ring (bicyclic) bond motifs is 1. The van der Waals surface area contributed by atoms with Gasteiger partial charge in [-0.25, -0.2) is 9.78 Å². The molecule has 0 aliphatic carbocycles. The van der Waals surface area contributed by atoms with Crippen LogP contribution in [-0.2, 0) is 22.5 Å². The first-order chi connectivity index (χ1) is 8.48. The predicted octanol–water partition coefficient (Wildman–Crippen LogP) is 2.23. The first kappa shape index (κ1) is 12.5. The van der Waals surface area contributed by atoms with Crippen molar-refractivity contribution < 1.29 is 18.3 Å². The van der Waals surface area contributed by atoms with Gasteiger partial charge in [-0.15, -0.1) is 0 Å². The highest BCUT2D eigenvalue weighted by atomic mass is 19.3. The third-order valence-electron chi connectivity index (χ3n) is 2.60. The molecule has 0 fully saturated rings. The van der Waals surface area contributed by atoms with Crippen LogP contribution in [0.4, 0.5) is 8.78 Å². The molecule has 2 aromatic rings. The number of nitrogens with zero attached hydrogens (tertiary/aromatic N) is 2. The summed E-state index contributed by atoms with van der Waals surface area (Å²) in [5.74, 6) is -5.94. The summed E-state index contributed by atoms with van der Waals surface area (Å²) in [7, 11) is 1.44. The monoisotopic (exact) mass is 254 g/mol. The third-order valence-corrected chi connectivity index (χ3v) is 2.60. The number of hydrogen-bond donors (Lipinski definition) is 0. The van der Waals surface area contributed by atoms with Crippen molar-refractivity contribution in [2.24, 2.45) is 7.05 Å². The van der Waals surface area contributed by atoms with Crippen molar-refractivity contribution in [3.05, 3.63) is 30.1 Å². The van der Waals surface area contributed by atoms with E-state index in [1.165, 1.54) is 18.5 Å². The molecular weight excluding hydrogens is 242 g/mol. The Morgan fingerprint density at radius 1 is 1.44 bits per heavy atom. The minimum atomic E-state index is -3.75. The van der Waals surface area contributed by atoms with E-state index in [2.05, 4.69) is 9.72 Å². The number of ether oxygens (including phenoxy) is 1. The van der Waals surface area contributed by atoms with E-state index in [-0.39, 0.29) is 6.61 Å². The van der Waals surface area contributed by atoms with Gasteiger partial charge in [0.05, 0.1) is 17.6 Å². The Bertz CT molecular complexity index is 593. The molecule has 0 unspecified atom stereocenters. The second-order valence-corrected chi connectivity index (χ2v) is 3.78. The van der Waals surface area contributed by atoms with Crippen LogP contribution in [0.15, 0.2) is 24.3 Å². The zero-order valence-corrected chi connectivity index (χ0v) is 9.98. The zero-order valence-electron chi connectivity index (χ0n) is 9.98. The minimum absolute atomic E-state index is 0.0988. The number of carbonyl (C=O) groups is 1. The van der Waals surface area contributed by atoms with E-state index >= 15 is 0 Å². The normalized spacial score (nSPS) is 11.8. The van der Waals surface area contributed by atoms with Crippen molar-refractivity contribution >= 4 is 17.0 Å². The first-order valence-corrected chi connectivity index (χ1v) is 5.45. The Morgan fingerprint density at radius 2 is 2.11 bits per heavy atom. The molecule has 96 valence electrons. The van der Waals surface area contributed by atoms with Gasteiger partial charge in [0, 0.05) is 7.05 Å². The number of halogens is 2. The summed E-state index contributed by atoms with van der Waals surface area (Å²) >= 11 is 0. The van der Waals surface area contributed by atoms with E-state index in [0.29, 0.717) is 11.0 Å². The molecule has 2 rings (SSSR count). The number of esters is 1. The van der Waals surface area contributed by atoms with E-state index in [1.54, 1.807) is 24.3 Å². The fourth-order valence-electron chi connectivity index (χ4n) is 1.74. The number of aryl methyl sites for hydroxylation is 1. The number of para-hydroxylation sites is 2. The number of benzene rings is 1. The highest BCUT2D eigenvalue weighted by Gasteiger charge is 2.47. The molecule has 0 N–H and O–H groups in total. The lowest BCUT2D eigenvalue weighted by atomic mass is 10.3. The van der Waals surface area contributed by atoms with Crippen LogP contribution in [0.25, 0.3) is 11.0 Å². The largest absolute Gasteiger partial charge is 0.461 e. The van der Waals surface area contributed by atoms with E-state index in [0.717, 1.165) is 0 Å². The van der Waals surface area contributed by atoms with E-state index in [4.69, 9.17) is 0 Å². The lowest BCUT2D eigenvalue weighted by molar-refractivity contribution is -0.174. The maximum absolute atomic E-state index is 13.9. The van der Waals surface area contributed by atoms with Crippen molar-refractivity contribution in [2.45, 2.75) is 12.8 Å². The lowest BCUT2D eigenvalue weighted by Crippen LogP contribution is -2.31. The number of alkyl halides is 2. The molecule has 0 spiro atoms. The Labute approximate surface area is 102 Å². The van der Waals surface area contributed by atoms with Crippen LogP contribution in [0.1, 0.15) is 12.7 Å². The van der Waals surface area contributed by atoms with Gasteiger partial charge in [0.25, 0.3) is 0 Å². The van der Waals surface area contributed by atoms with Gasteiger partial charge in [0.1, 0.15) is 0 Å². The number of hydrogen-bond acceptors (Lipinski definition) is 3. The van der Waals surface area contributed by atoms with Crippen LogP contribution in [0.3, 0.4) is 0 Å². The molecule has 0 atom stereocenters. The van der Waals surface area contributed by atoms with Crippen molar-refractivity contribution in [2.75, 3.05) is 6.61 Å². The summed E-state index contributed by atoms with van der Waals surface area (Å²) in [6.45, 7) is 1.38. The minimum Gasteiger partial charge on any atom is -0.461 e. The maximum Gasteiger partial charge on any atom is 0.399 e. The molecule has 0 radical (unpaired) electrons. The fraction of sp³-hybridized carbons (Fsp3) is 0.333. The lowest BCUT2D eigenvalue weighted by Gasteiger charge is -2.14. The Kier molecular flexibility index (Phi) is 3.02. The standard InChI is InChI=1S/C12H12F2N2O2/c1-3-18-11(17)12(13,14)10-15-8-6-4-5-7-9(8)16(10)2/h4-7H,3H2,1-2H3. The number of carbonyl (C=O) groups excluding carboxylic acids is 1. The van der Waals surface area contributed by atoms with Gasteiger partial charge in [-0.2, -0.15) is 8.78 Å². The Balaban J connectivity index is 2.53. The molecule has 0 aliphatic rings. The molecule has 1 heterocycles. The van der Waals surface area contributed by atoms with Gasteiger partial charge in [-0.1, -0.05) is 12.1 Å². The molecule has 0 saturated carbocycles. The Morgan fingerprint density at radius 3 is 2.72 bits per heavy atom. The van der Waals surface area contributed by atoms with Gasteiger partial charge < -0.3 is 9.30 Å². The predicted molar refractivity (Wildman–Crippen MR) is 61.2 cm³/mol. The smallest absolute Gasteiger partial charge is 0.399 e.